The third-order valence-electron chi connectivity index (χ3n) is 4.25. The zero-order valence-corrected chi connectivity index (χ0v) is 16.5. The second kappa shape index (κ2) is 8.33. The van der Waals surface area contributed by atoms with Crippen LogP contribution in [0.1, 0.15) is 27.2 Å². The number of halogens is 3. The summed E-state index contributed by atoms with van der Waals surface area (Å²) in [5.74, 6) is -0.221. The maximum absolute atomic E-state index is 12.7. The van der Waals surface area contributed by atoms with E-state index in [0.717, 1.165) is 24.3 Å². The number of carbonyl (C=O) groups excluding carboxylic acids is 1. The molecule has 0 radical (unpaired) electrons. The molecule has 0 spiro atoms. The Morgan fingerprint density at radius 2 is 1.77 bits per heavy atom. The van der Waals surface area contributed by atoms with Gasteiger partial charge in [0.1, 0.15) is 5.76 Å². The number of rotatable bonds is 6. The molecule has 0 aliphatic rings. The molecule has 1 heterocycles. The van der Waals surface area contributed by atoms with Gasteiger partial charge in [0.15, 0.2) is 0 Å². The van der Waals surface area contributed by atoms with Crippen molar-refractivity contribution < 1.29 is 30.8 Å². The van der Waals surface area contributed by atoms with Crippen LogP contribution >= 0.6 is 0 Å². The van der Waals surface area contributed by atoms with Gasteiger partial charge in [-0.15, -0.1) is 0 Å². The number of nitrogens with one attached hydrogen (secondary N) is 2. The molecule has 0 saturated heterocycles. The maximum atomic E-state index is 12.7. The molecule has 30 heavy (non-hydrogen) atoms. The Bertz CT molecular complexity index is 1140. The lowest BCUT2D eigenvalue weighted by Crippen LogP contribution is -2.24. The van der Waals surface area contributed by atoms with Gasteiger partial charge in [-0.3, -0.25) is 4.79 Å². The van der Waals surface area contributed by atoms with E-state index < -0.39 is 27.7 Å². The molecule has 1 amide bonds. The van der Waals surface area contributed by atoms with E-state index in [1.165, 1.54) is 24.5 Å². The first-order valence-electron chi connectivity index (χ1n) is 8.67. The van der Waals surface area contributed by atoms with Crippen molar-refractivity contribution >= 4 is 21.6 Å². The number of carbonyl (C=O) groups is 1. The van der Waals surface area contributed by atoms with Crippen molar-refractivity contribution in [1.29, 1.82) is 0 Å². The molecule has 0 saturated carbocycles. The summed E-state index contributed by atoms with van der Waals surface area (Å²) in [4.78, 5) is 12.4. The fourth-order valence-electron chi connectivity index (χ4n) is 2.62. The van der Waals surface area contributed by atoms with Crippen LogP contribution in [0.3, 0.4) is 0 Å². The third kappa shape index (κ3) is 5.08. The lowest BCUT2D eigenvalue weighted by atomic mass is 10.1. The molecule has 3 rings (SSSR count). The molecule has 0 aliphatic heterocycles. The van der Waals surface area contributed by atoms with Crippen LogP contribution in [0.4, 0.5) is 18.9 Å². The van der Waals surface area contributed by atoms with Crippen molar-refractivity contribution in [1.82, 2.24) is 4.72 Å². The molecule has 1 aromatic heterocycles. The summed E-state index contributed by atoms with van der Waals surface area (Å²) in [6.45, 7) is 1.56. The van der Waals surface area contributed by atoms with Crippen LogP contribution in [0, 0.1) is 6.92 Å². The van der Waals surface area contributed by atoms with Crippen molar-refractivity contribution in [3.63, 3.8) is 0 Å². The first-order chi connectivity index (χ1) is 14.1. The van der Waals surface area contributed by atoms with Gasteiger partial charge in [0.2, 0.25) is 10.0 Å². The molecule has 6 nitrogen and oxygen atoms in total. The van der Waals surface area contributed by atoms with E-state index in [2.05, 4.69) is 10.0 Å². The SMILES string of the molecule is Cc1ccc(S(=O)(=O)NCc2ccco2)cc1C(=O)Nc1ccc(C(F)(F)F)cc1. The number of benzene rings is 2. The predicted molar refractivity (Wildman–Crippen MR) is 103 cm³/mol. The van der Waals surface area contributed by atoms with Gasteiger partial charge in [-0.05, 0) is 61.0 Å². The van der Waals surface area contributed by atoms with Crippen molar-refractivity contribution in [3.05, 3.63) is 83.3 Å². The fourth-order valence-corrected chi connectivity index (χ4v) is 3.64. The van der Waals surface area contributed by atoms with Gasteiger partial charge in [0.25, 0.3) is 5.91 Å². The van der Waals surface area contributed by atoms with Crippen LogP contribution in [-0.2, 0) is 22.7 Å². The highest BCUT2D eigenvalue weighted by Gasteiger charge is 2.30. The van der Waals surface area contributed by atoms with E-state index in [-0.39, 0.29) is 22.7 Å². The monoisotopic (exact) mass is 438 g/mol. The summed E-state index contributed by atoms with van der Waals surface area (Å²) in [5.41, 5.74) is -0.107. The van der Waals surface area contributed by atoms with E-state index in [0.29, 0.717) is 11.3 Å². The number of aryl methyl sites for hydroxylation is 1. The largest absolute Gasteiger partial charge is 0.468 e. The highest BCUT2D eigenvalue weighted by atomic mass is 32.2. The Labute approximate surface area is 170 Å². The smallest absolute Gasteiger partial charge is 0.416 e. The Hall–Kier alpha value is -3.11. The average molecular weight is 438 g/mol. The maximum Gasteiger partial charge on any atom is 0.416 e. The average Bonchev–Trinajstić information content (AvgIpc) is 3.20. The van der Waals surface area contributed by atoms with E-state index in [1.807, 2.05) is 0 Å². The molecule has 2 aromatic carbocycles. The molecule has 0 bridgehead atoms. The minimum Gasteiger partial charge on any atom is -0.468 e. The van der Waals surface area contributed by atoms with Crippen LogP contribution < -0.4 is 10.0 Å². The van der Waals surface area contributed by atoms with Crippen molar-refractivity contribution in [2.75, 3.05) is 5.32 Å². The van der Waals surface area contributed by atoms with E-state index in [9.17, 15) is 26.4 Å². The lowest BCUT2D eigenvalue weighted by molar-refractivity contribution is -0.137. The third-order valence-corrected chi connectivity index (χ3v) is 5.65. The number of anilines is 1. The fraction of sp³-hybridized carbons (Fsp3) is 0.150. The van der Waals surface area contributed by atoms with Crippen LogP contribution in [0.25, 0.3) is 0 Å². The van der Waals surface area contributed by atoms with E-state index >= 15 is 0 Å². The minimum absolute atomic E-state index is 0.0592. The molecule has 158 valence electrons. The van der Waals surface area contributed by atoms with Gasteiger partial charge < -0.3 is 9.73 Å². The quantitative estimate of drug-likeness (QED) is 0.599. The topological polar surface area (TPSA) is 88.4 Å². The summed E-state index contributed by atoms with van der Waals surface area (Å²) in [6, 6.07) is 11.2. The van der Waals surface area contributed by atoms with Gasteiger partial charge in [-0.25, -0.2) is 13.1 Å². The lowest BCUT2D eigenvalue weighted by Gasteiger charge is -2.12. The summed E-state index contributed by atoms with van der Waals surface area (Å²) >= 11 is 0. The number of sulfonamides is 1. The number of amides is 1. The van der Waals surface area contributed by atoms with Crippen LogP contribution in [-0.4, -0.2) is 14.3 Å². The molecule has 3 aromatic rings. The van der Waals surface area contributed by atoms with Crippen LogP contribution in [0.15, 0.2) is 70.2 Å². The molecule has 0 atom stereocenters. The van der Waals surface area contributed by atoms with Crippen molar-refractivity contribution in [2.45, 2.75) is 24.5 Å². The molecular formula is C20H17F3N2O4S. The number of furan rings is 1. The molecule has 0 unspecified atom stereocenters. The molecule has 10 heteroatoms. The first-order valence-corrected chi connectivity index (χ1v) is 10.2. The highest BCUT2D eigenvalue weighted by Crippen LogP contribution is 2.30. The standard InChI is InChI=1S/C20H17F3N2O4S/c1-13-4-9-17(30(27,28)24-12-16-3-2-10-29-16)11-18(13)19(26)25-15-7-5-14(6-8-15)20(21,22)23/h2-11,24H,12H2,1H3,(H,25,26). The summed E-state index contributed by atoms with van der Waals surface area (Å²) in [7, 11) is -3.92. The summed E-state index contributed by atoms with van der Waals surface area (Å²) in [6.07, 6.45) is -3.07. The zero-order chi connectivity index (χ0) is 21.9. The Morgan fingerprint density at radius 1 is 1.07 bits per heavy atom. The van der Waals surface area contributed by atoms with Crippen molar-refractivity contribution in [2.24, 2.45) is 0 Å². The molecular weight excluding hydrogens is 421 g/mol. The van der Waals surface area contributed by atoms with Gasteiger partial charge in [0.05, 0.1) is 23.3 Å². The predicted octanol–water partition coefficient (Wildman–Crippen LogP) is 4.34. The van der Waals surface area contributed by atoms with Gasteiger partial charge in [0, 0.05) is 11.3 Å². The second-order valence-corrected chi connectivity index (χ2v) is 8.18. The normalized spacial score (nSPS) is 12.0. The molecule has 2 N–H and O–H groups in total. The van der Waals surface area contributed by atoms with Crippen LogP contribution in [0.5, 0.6) is 0 Å². The van der Waals surface area contributed by atoms with Gasteiger partial charge >= 0.3 is 6.18 Å². The second-order valence-electron chi connectivity index (χ2n) is 6.41. The van der Waals surface area contributed by atoms with E-state index in [1.54, 1.807) is 19.1 Å². The highest BCUT2D eigenvalue weighted by molar-refractivity contribution is 7.89. The molecule has 0 aliphatic carbocycles. The van der Waals surface area contributed by atoms with E-state index in [4.69, 9.17) is 4.42 Å². The summed E-state index contributed by atoms with van der Waals surface area (Å²) < 4.78 is 70.4. The Kier molecular flexibility index (Phi) is 5.99. The number of alkyl halides is 3. The summed E-state index contributed by atoms with van der Waals surface area (Å²) in [5, 5.41) is 2.47. The first kappa shape index (κ1) is 21.6. The number of hydrogen-bond acceptors (Lipinski definition) is 4. The minimum atomic E-state index is -4.48. The zero-order valence-electron chi connectivity index (χ0n) is 15.7. The van der Waals surface area contributed by atoms with Crippen molar-refractivity contribution in [3.8, 4) is 0 Å². The number of hydrogen-bond donors (Lipinski definition) is 2. The van der Waals surface area contributed by atoms with Gasteiger partial charge in [-0.1, -0.05) is 6.07 Å². The van der Waals surface area contributed by atoms with Gasteiger partial charge in [-0.2, -0.15) is 13.2 Å². The molecule has 0 fully saturated rings. The Balaban J connectivity index is 1.78. The van der Waals surface area contributed by atoms with Crippen LogP contribution in [0.2, 0.25) is 0 Å². The Morgan fingerprint density at radius 3 is 2.37 bits per heavy atom.